The van der Waals surface area contributed by atoms with Gasteiger partial charge >= 0.3 is 0 Å². The van der Waals surface area contributed by atoms with Crippen LogP contribution in [0.4, 0.5) is 5.95 Å². The van der Waals surface area contributed by atoms with Crippen molar-refractivity contribution in [2.75, 3.05) is 39.0 Å². The minimum Gasteiger partial charge on any atom is -0.368 e. The van der Waals surface area contributed by atoms with Crippen LogP contribution in [0.2, 0.25) is 0 Å². The average Bonchev–Trinajstić information content (AvgIpc) is 2.79. The lowest BCUT2D eigenvalue weighted by Gasteiger charge is -2.37. The van der Waals surface area contributed by atoms with Gasteiger partial charge in [0.25, 0.3) is 0 Å². The Hall–Kier alpha value is -3.00. The molecule has 3 heterocycles. The van der Waals surface area contributed by atoms with E-state index in [1.807, 2.05) is 17.0 Å². The first-order chi connectivity index (χ1) is 14.9. The number of rotatable bonds is 4. The van der Waals surface area contributed by atoms with Crippen LogP contribution in [0.3, 0.4) is 0 Å². The first-order valence-corrected chi connectivity index (χ1v) is 10.9. The van der Waals surface area contributed by atoms with Crippen LogP contribution in [0.15, 0.2) is 30.5 Å². The van der Waals surface area contributed by atoms with Crippen LogP contribution in [0, 0.1) is 5.92 Å². The Labute approximate surface area is 182 Å². The molecule has 0 spiro atoms. The van der Waals surface area contributed by atoms with E-state index in [1.165, 1.54) is 0 Å². The third kappa shape index (κ3) is 4.69. The Morgan fingerprint density at radius 3 is 2.45 bits per heavy atom. The van der Waals surface area contributed by atoms with Crippen LogP contribution in [-0.4, -0.2) is 64.8 Å². The number of nitrogens with zero attached hydrogens (tertiary/aromatic N) is 4. The maximum absolute atomic E-state index is 13.2. The zero-order chi connectivity index (χ0) is 22.0. The summed E-state index contributed by atoms with van der Waals surface area (Å²) in [5, 5.41) is 0. The Bertz CT molecular complexity index is 953. The van der Waals surface area contributed by atoms with Crippen molar-refractivity contribution in [2.45, 2.75) is 31.6 Å². The summed E-state index contributed by atoms with van der Waals surface area (Å²) in [6.45, 7) is 3.39. The molecule has 0 saturated carbocycles. The van der Waals surface area contributed by atoms with Crippen molar-refractivity contribution in [1.82, 2.24) is 19.8 Å². The van der Waals surface area contributed by atoms with E-state index in [9.17, 15) is 9.59 Å². The van der Waals surface area contributed by atoms with Gasteiger partial charge in [-0.15, -0.1) is 0 Å². The SMILES string of the molecule is CN1CCC(C(=O)N2CCCC(c3nc(N)ncc3-c3ccc(C(N)=O)cc3)C2)CC1. The molecule has 164 valence electrons. The number of benzene rings is 1. The molecule has 2 fully saturated rings. The quantitative estimate of drug-likeness (QED) is 0.776. The first kappa shape index (κ1) is 21.2. The van der Waals surface area contributed by atoms with Crippen LogP contribution in [0.1, 0.15) is 47.7 Å². The molecule has 1 aromatic carbocycles. The summed E-state index contributed by atoms with van der Waals surface area (Å²) in [4.78, 5) is 37.6. The monoisotopic (exact) mass is 422 g/mol. The number of hydrogen-bond donors (Lipinski definition) is 2. The molecule has 0 radical (unpaired) electrons. The largest absolute Gasteiger partial charge is 0.368 e. The van der Waals surface area contributed by atoms with E-state index in [4.69, 9.17) is 11.5 Å². The Morgan fingerprint density at radius 2 is 1.77 bits per heavy atom. The maximum atomic E-state index is 13.2. The molecule has 2 amide bonds. The highest BCUT2D eigenvalue weighted by molar-refractivity contribution is 5.93. The number of piperidine rings is 2. The van der Waals surface area contributed by atoms with E-state index in [1.54, 1.807) is 18.3 Å². The fourth-order valence-electron chi connectivity index (χ4n) is 4.67. The molecule has 4 N–H and O–H groups in total. The lowest BCUT2D eigenvalue weighted by molar-refractivity contribution is -0.138. The van der Waals surface area contributed by atoms with Crippen LogP contribution in [0.5, 0.6) is 0 Å². The van der Waals surface area contributed by atoms with Crippen molar-refractivity contribution >= 4 is 17.8 Å². The smallest absolute Gasteiger partial charge is 0.248 e. The Kier molecular flexibility index (Phi) is 6.18. The Morgan fingerprint density at radius 1 is 1.06 bits per heavy atom. The van der Waals surface area contributed by atoms with Crippen molar-refractivity contribution < 1.29 is 9.59 Å². The average molecular weight is 423 g/mol. The summed E-state index contributed by atoms with van der Waals surface area (Å²) in [5.74, 6) is 0.250. The van der Waals surface area contributed by atoms with Gasteiger partial charge in [0.1, 0.15) is 0 Å². The molecule has 4 rings (SSSR count). The van der Waals surface area contributed by atoms with E-state index in [-0.39, 0.29) is 23.7 Å². The lowest BCUT2D eigenvalue weighted by Crippen LogP contribution is -2.45. The van der Waals surface area contributed by atoms with Crippen LogP contribution in [0.25, 0.3) is 11.1 Å². The van der Waals surface area contributed by atoms with Gasteiger partial charge < -0.3 is 21.3 Å². The van der Waals surface area contributed by atoms with Crippen molar-refractivity contribution in [2.24, 2.45) is 11.7 Å². The number of aromatic nitrogens is 2. The molecule has 0 aliphatic carbocycles. The summed E-state index contributed by atoms with van der Waals surface area (Å²) in [7, 11) is 2.11. The van der Waals surface area contributed by atoms with Crippen LogP contribution >= 0.6 is 0 Å². The van der Waals surface area contributed by atoms with Gasteiger partial charge in [0.15, 0.2) is 0 Å². The fourth-order valence-corrected chi connectivity index (χ4v) is 4.67. The molecule has 0 bridgehead atoms. The van der Waals surface area contributed by atoms with Gasteiger partial charge in [-0.2, -0.15) is 0 Å². The van der Waals surface area contributed by atoms with E-state index >= 15 is 0 Å². The number of nitrogens with two attached hydrogens (primary N) is 2. The summed E-state index contributed by atoms with van der Waals surface area (Å²) < 4.78 is 0. The third-order valence-corrected chi connectivity index (χ3v) is 6.50. The number of carbonyl (C=O) groups is 2. The number of likely N-dealkylation sites (tertiary alicyclic amines) is 2. The summed E-state index contributed by atoms with van der Waals surface area (Å²) in [6, 6.07) is 7.11. The second-order valence-corrected chi connectivity index (χ2v) is 8.67. The van der Waals surface area contributed by atoms with Gasteiger partial charge in [0, 0.05) is 42.2 Å². The van der Waals surface area contributed by atoms with Gasteiger partial charge in [-0.25, -0.2) is 9.97 Å². The zero-order valence-corrected chi connectivity index (χ0v) is 18.0. The number of anilines is 1. The second-order valence-electron chi connectivity index (χ2n) is 8.67. The van der Waals surface area contributed by atoms with Crippen molar-refractivity contribution in [1.29, 1.82) is 0 Å². The standard InChI is InChI=1S/C23H30N6O2/c1-28-11-8-17(9-12-28)22(31)29-10-2-3-18(14-29)20-19(13-26-23(25)27-20)15-4-6-16(7-5-15)21(24)30/h4-7,13,17-18H,2-3,8-12,14H2,1H3,(H2,24,30)(H2,25,26,27). The molecule has 2 saturated heterocycles. The molecule has 2 aromatic rings. The van der Waals surface area contributed by atoms with Gasteiger partial charge in [0.2, 0.25) is 17.8 Å². The van der Waals surface area contributed by atoms with Crippen molar-refractivity contribution in [3.63, 3.8) is 0 Å². The van der Waals surface area contributed by atoms with Gasteiger partial charge in [-0.05, 0) is 63.5 Å². The number of primary amides is 1. The molecule has 1 aromatic heterocycles. The fraction of sp³-hybridized carbons (Fsp3) is 0.478. The van der Waals surface area contributed by atoms with E-state index in [0.717, 1.165) is 62.1 Å². The minimum atomic E-state index is -0.462. The zero-order valence-electron chi connectivity index (χ0n) is 18.0. The number of hydrogen-bond acceptors (Lipinski definition) is 6. The highest BCUT2D eigenvalue weighted by Crippen LogP contribution is 2.34. The number of nitrogen functional groups attached to an aromatic ring is 1. The van der Waals surface area contributed by atoms with Crippen molar-refractivity contribution in [3.05, 3.63) is 41.7 Å². The normalized spacial score (nSPS) is 20.5. The molecule has 8 nitrogen and oxygen atoms in total. The topological polar surface area (TPSA) is 118 Å². The molecule has 2 aliphatic rings. The summed E-state index contributed by atoms with van der Waals surface area (Å²) in [5.41, 5.74) is 14.4. The molecule has 1 atom stereocenters. The van der Waals surface area contributed by atoms with Crippen molar-refractivity contribution in [3.8, 4) is 11.1 Å². The van der Waals surface area contributed by atoms with E-state index in [2.05, 4.69) is 21.9 Å². The predicted octanol–water partition coefficient (Wildman–Crippen LogP) is 1.87. The number of amides is 2. The molecule has 2 aliphatic heterocycles. The Balaban J connectivity index is 1.56. The maximum Gasteiger partial charge on any atom is 0.248 e. The molecular weight excluding hydrogens is 392 g/mol. The van der Waals surface area contributed by atoms with E-state index < -0.39 is 5.91 Å². The predicted molar refractivity (Wildman–Crippen MR) is 119 cm³/mol. The summed E-state index contributed by atoms with van der Waals surface area (Å²) >= 11 is 0. The van der Waals surface area contributed by atoms with Crippen LogP contribution < -0.4 is 11.5 Å². The van der Waals surface area contributed by atoms with Gasteiger partial charge in [0.05, 0.1) is 5.69 Å². The molecule has 31 heavy (non-hydrogen) atoms. The van der Waals surface area contributed by atoms with Gasteiger partial charge in [-0.3, -0.25) is 9.59 Å². The first-order valence-electron chi connectivity index (χ1n) is 10.9. The van der Waals surface area contributed by atoms with Crippen LogP contribution in [-0.2, 0) is 4.79 Å². The van der Waals surface area contributed by atoms with Gasteiger partial charge in [-0.1, -0.05) is 12.1 Å². The third-order valence-electron chi connectivity index (χ3n) is 6.50. The molecule has 1 unspecified atom stereocenters. The molecular formula is C23H30N6O2. The number of carbonyl (C=O) groups excluding carboxylic acids is 2. The summed E-state index contributed by atoms with van der Waals surface area (Å²) in [6.07, 6.45) is 5.46. The second kappa shape index (κ2) is 9.01. The lowest BCUT2D eigenvalue weighted by atomic mass is 9.88. The molecule has 8 heteroatoms. The minimum absolute atomic E-state index is 0.0973. The highest BCUT2D eigenvalue weighted by Gasteiger charge is 2.32. The highest BCUT2D eigenvalue weighted by atomic mass is 16.2. The van der Waals surface area contributed by atoms with E-state index in [0.29, 0.717) is 12.1 Å².